The topological polar surface area (TPSA) is 84.0 Å². The third-order valence-electron chi connectivity index (χ3n) is 6.32. The molecule has 6 rings (SSSR count). The number of benzene rings is 2. The van der Waals surface area contributed by atoms with Crippen molar-refractivity contribution in [1.29, 1.82) is 0 Å². The minimum Gasteiger partial charge on any atom is -0.320 e. The molecule has 2 aliphatic rings. The molecule has 0 radical (unpaired) electrons. The van der Waals surface area contributed by atoms with Gasteiger partial charge in [-0.15, -0.1) is 0 Å². The number of fused-ring (bicyclic) bond motifs is 4. The Hall–Kier alpha value is -4.06. The van der Waals surface area contributed by atoms with Crippen LogP contribution in [-0.2, 0) is 23.1 Å². The van der Waals surface area contributed by atoms with Crippen LogP contribution in [0.1, 0.15) is 27.0 Å². The van der Waals surface area contributed by atoms with Crippen molar-refractivity contribution in [2.45, 2.75) is 18.3 Å². The van der Waals surface area contributed by atoms with Crippen LogP contribution in [-0.4, -0.2) is 21.8 Å². The van der Waals surface area contributed by atoms with E-state index in [-0.39, 0.29) is 11.8 Å². The first-order chi connectivity index (χ1) is 15.1. The minimum absolute atomic E-state index is 0.0229. The second-order valence-corrected chi connectivity index (χ2v) is 8.11. The zero-order valence-electron chi connectivity index (χ0n) is 16.6. The highest BCUT2D eigenvalue weighted by Gasteiger charge is 2.51. The van der Waals surface area contributed by atoms with Crippen molar-refractivity contribution in [2.24, 2.45) is 0 Å². The third-order valence-corrected chi connectivity index (χ3v) is 6.32. The molecule has 2 amide bonds. The molecule has 1 aliphatic heterocycles. The van der Waals surface area contributed by atoms with Gasteiger partial charge in [0.05, 0.1) is 16.6 Å². The zero-order chi connectivity index (χ0) is 21.0. The van der Waals surface area contributed by atoms with Crippen molar-refractivity contribution >= 4 is 34.2 Å². The summed E-state index contributed by atoms with van der Waals surface area (Å²) in [6.45, 7) is 0. The number of hydrogen-bond donors (Lipinski definition) is 2. The summed E-state index contributed by atoms with van der Waals surface area (Å²) in [4.78, 5) is 34.6. The number of carbonyl (C=O) groups is 2. The van der Waals surface area contributed by atoms with E-state index in [9.17, 15) is 9.59 Å². The number of hydrogen-bond acceptors (Lipinski definition) is 4. The molecule has 6 heteroatoms. The van der Waals surface area contributed by atoms with Gasteiger partial charge >= 0.3 is 0 Å². The molecule has 0 saturated heterocycles. The van der Waals surface area contributed by atoms with E-state index in [1.807, 2.05) is 60.7 Å². The summed E-state index contributed by atoms with van der Waals surface area (Å²) in [7, 11) is 0. The number of rotatable bonds is 2. The fourth-order valence-electron chi connectivity index (χ4n) is 4.81. The lowest BCUT2D eigenvalue weighted by Crippen LogP contribution is -2.35. The molecule has 3 heterocycles. The highest BCUT2D eigenvalue weighted by atomic mass is 16.2. The molecule has 0 saturated carbocycles. The molecule has 1 unspecified atom stereocenters. The molecule has 150 valence electrons. The van der Waals surface area contributed by atoms with Crippen LogP contribution in [0, 0.1) is 0 Å². The Kier molecular flexibility index (Phi) is 3.71. The van der Waals surface area contributed by atoms with Gasteiger partial charge in [0.25, 0.3) is 5.91 Å². The number of carbonyl (C=O) groups excluding carboxylic acids is 2. The predicted octanol–water partition coefficient (Wildman–Crippen LogP) is 3.87. The van der Waals surface area contributed by atoms with Gasteiger partial charge in [-0.25, -0.2) is 4.98 Å². The van der Waals surface area contributed by atoms with Crippen LogP contribution in [0.3, 0.4) is 0 Å². The molecule has 1 atom stereocenters. The first kappa shape index (κ1) is 17.8. The fraction of sp³-hybridized carbons (Fsp3) is 0.120. The van der Waals surface area contributed by atoms with Crippen LogP contribution in [0.2, 0.25) is 0 Å². The van der Waals surface area contributed by atoms with E-state index in [0.29, 0.717) is 29.9 Å². The summed E-state index contributed by atoms with van der Waals surface area (Å²) < 4.78 is 0. The first-order valence-electron chi connectivity index (χ1n) is 10.2. The summed E-state index contributed by atoms with van der Waals surface area (Å²) >= 11 is 0. The fourth-order valence-corrected chi connectivity index (χ4v) is 4.81. The van der Waals surface area contributed by atoms with E-state index in [4.69, 9.17) is 0 Å². The predicted molar refractivity (Wildman–Crippen MR) is 118 cm³/mol. The summed E-state index contributed by atoms with van der Waals surface area (Å²) in [5, 5.41) is 6.87. The standard InChI is InChI=1S/C25H18N4O2/c30-23(28-20-7-1-4-15-5-2-10-26-21(15)20)16-8-9-17-13-25(14-18(17)12-16)19-6-3-11-27-22(19)29-24(25)31/h1-12H,13-14H2,(H,28,30)(H,27,29,31). The number of nitrogens with zero attached hydrogens (tertiary/aromatic N) is 2. The average molecular weight is 406 g/mol. The Morgan fingerprint density at radius 3 is 2.68 bits per heavy atom. The van der Waals surface area contributed by atoms with E-state index >= 15 is 0 Å². The maximum Gasteiger partial charge on any atom is 0.255 e. The largest absolute Gasteiger partial charge is 0.320 e. The molecular formula is C25H18N4O2. The maximum atomic E-state index is 13.0. The Labute approximate surface area is 178 Å². The Bertz CT molecular complexity index is 1390. The molecule has 1 spiro atoms. The summed E-state index contributed by atoms with van der Waals surface area (Å²) in [5.41, 5.74) is 4.41. The van der Waals surface area contributed by atoms with Crippen molar-refractivity contribution in [2.75, 3.05) is 10.6 Å². The molecule has 31 heavy (non-hydrogen) atoms. The maximum absolute atomic E-state index is 13.0. The smallest absolute Gasteiger partial charge is 0.255 e. The number of nitrogens with one attached hydrogen (secondary N) is 2. The monoisotopic (exact) mass is 406 g/mol. The van der Waals surface area contributed by atoms with Crippen LogP contribution in [0.25, 0.3) is 10.9 Å². The van der Waals surface area contributed by atoms with Crippen molar-refractivity contribution < 1.29 is 9.59 Å². The van der Waals surface area contributed by atoms with Crippen molar-refractivity contribution in [1.82, 2.24) is 9.97 Å². The molecule has 0 bridgehead atoms. The van der Waals surface area contributed by atoms with Gasteiger partial charge in [-0.3, -0.25) is 14.6 Å². The molecule has 2 aromatic heterocycles. The van der Waals surface area contributed by atoms with Crippen molar-refractivity contribution in [3.8, 4) is 0 Å². The third kappa shape index (κ3) is 2.65. The van der Waals surface area contributed by atoms with E-state index in [1.54, 1.807) is 12.4 Å². The number of anilines is 2. The number of pyridine rings is 2. The molecule has 2 aromatic carbocycles. The average Bonchev–Trinajstić information content (AvgIpc) is 3.31. The SMILES string of the molecule is O=C(Nc1cccc2cccnc12)c1ccc2c(c1)CC1(C2)C(=O)Nc2ncccc21. The minimum atomic E-state index is -0.638. The van der Waals surface area contributed by atoms with E-state index in [2.05, 4.69) is 20.6 Å². The van der Waals surface area contributed by atoms with Gasteiger partial charge in [0.15, 0.2) is 0 Å². The number of aromatic nitrogens is 2. The van der Waals surface area contributed by atoms with Gasteiger partial charge in [-0.05, 0) is 54.3 Å². The molecule has 6 nitrogen and oxygen atoms in total. The van der Waals surface area contributed by atoms with Crippen LogP contribution < -0.4 is 10.6 Å². The van der Waals surface area contributed by atoms with Crippen LogP contribution >= 0.6 is 0 Å². The van der Waals surface area contributed by atoms with E-state index in [0.717, 1.165) is 27.6 Å². The zero-order valence-corrected chi connectivity index (χ0v) is 16.6. The quantitative estimate of drug-likeness (QED) is 0.529. The lowest BCUT2D eigenvalue weighted by Gasteiger charge is -2.20. The Morgan fingerprint density at radius 1 is 0.935 bits per heavy atom. The lowest BCUT2D eigenvalue weighted by molar-refractivity contribution is -0.120. The van der Waals surface area contributed by atoms with E-state index in [1.165, 1.54) is 0 Å². The van der Waals surface area contributed by atoms with Gasteiger partial charge in [0, 0.05) is 28.9 Å². The van der Waals surface area contributed by atoms with Crippen LogP contribution in [0.5, 0.6) is 0 Å². The molecular weight excluding hydrogens is 388 g/mol. The molecule has 4 aromatic rings. The normalized spacial score (nSPS) is 18.6. The van der Waals surface area contributed by atoms with E-state index < -0.39 is 5.41 Å². The second-order valence-electron chi connectivity index (χ2n) is 8.11. The van der Waals surface area contributed by atoms with Gasteiger partial charge in [-0.1, -0.05) is 30.3 Å². The lowest BCUT2D eigenvalue weighted by atomic mass is 9.79. The Morgan fingerprint density at radius 2 is 1.74 bits per heavy atom. The Balaban J connectivity index is 1.32. The second kappa shape index (κ2) is 6.47. The summed E-state index contributed by atoms with van der Waals surface area (Å²) in [6.07, 6.45) is 4.57. The highest BCUT2D eigenvalue weighted by Crippen LogP contribution is 2.46. The number of para-hydroxylation sites is 1. The van der Waals surface area contributed by atoms with Gasteiger partial charge in [0.2, 0.25) is 5.91 Å². The highest BCUT2D eigenvalue weighted by molar-refractivity contribution is 6.09. The van der Waals surface area contributed by atoms with Crippen molar-refractivity contribution in [3.63, 3.8) is 0 Å². The van der Waals surface area contributed by atoms with Crippen LogP contribution in [0.15, 0.2) is 73.1 Å². The van der Waals surface area contributed by atoms with Crippen molar-refractivity contribution in [3.05, 3.63) is 95.3 Å². The first-order valence-corrected chi connectivity index (χ1v) is 10.2. The summed E-state index contributed by atoms with van der Waals surface area (Å²) in [6, 6.07) is 19.1. The molecule has 1 aliphatic carbocycles. The molecule has 2 N–H and O–H groups in total. The van der Waals surface area contributed by atoms with Gasteiger partial charge in [-0.2, -0.15) is 0 Å². The molecule has 0 fully saturated rings. The number of amides is 2. The van der Waals surface area contributed by atoms with Crippen LogP contribution in [0.4, 0.5) is 11.5 Å². The van der Waals surface area contributed by atoms with Gasteiger partial charge in [0.1, 0.15) is 5.82 Å². The summed E-state index contributed by atoms with van der Waals surface area (Å²) in [5.74, 6) is 0.423. The van der Waals surface area contributed by atoms with Gasteiger partial charge < -0.3 is 10.6 Å².